The summed E-state index contributed by atoms with van der Waals surface area (Å²) < 4.78 is 0. The Morgan fingerprint density at radius 1 is 1.50 bits per heavy atom. The van der Waals surface area contributed by atoms with Gasteiger partial charge in [0.2, 0.25) is 0 Å². The highest BCUT2D eigenvalue weighted by atomic mass is 32.1. The maximum Gasteiger partial charge on any atom is -0.0139 e. The van der Waals surface area contributed by atoms with E-state index in [2.05, 4.69) is 12.6 Å². The van der Waals surface area contributed by atoms with Gasteiger partial charge in [0.05, 0.1) is 0 Å². The topological polar surface area (TPSA) is 23.1 Å². The lowest BCUT2D eigenvalue weighted by Crippen LogP contribution is -2.28. The van der Waals surface area contributed by atoms with Crippen molar-refractivity contribution in [1.82, 2.24) is 0 Å². The van der Waals surface area contributed by atoms with Gasteiger partial charge in [-0.25, -0.2) is 0 Å². The van der Waals surface area contributed by atoms with Crippen LogP contribution in [-0.4, -0.2) is 11.4 Å². The van der Waals surface area contributed by atoms with Crippen LogP contribution in [0, 0.1) is 0 Å². The molecule has 0 rings (SSSR count). The fraction of sp³-hybridized carbons (Fsp3) is 1.00. The van der Waals surface area contributed by atoms with Gasteiger partial charge in [0.25, 0.3) is 0 Å². The molecule has 0 saturated heterocycles. The summed E-state index contributed by atoms with van der Waals surface area (Å²) in [5.74, 6) is 0. The lowest BCUT2D eigenvalue weighted by molar-refractivity contribution is -0.412. The maximum absolute atomic E-state index is 10.2. The summed E-state index contributed by atoms with van der Waals surface area (Å²) in [4.78, 5) is 0. The van der Waals surface area contributed by atoms with Crippen LogP contribution in [0.4, 0.5) is 0 Å². The quantitative estimate of drug-likeness (QED) is 0.468. The second-order valence-electron chi connectivity index (χ2n) is 1.45. The van der Waals surface area contributed by atoms with Crippen molar-refractivity contribution in [3.05, 3.63) is 0 Å². The van der Waals surface area contributed by atoms with Crippen molar-refractivity contribution in [2.45, 2.75) is 25.2 Å². The largest absolute Gasteiger partial charge is 0.851 e. The van der Waals surface area contributed by atoms with E-state index in [0.29, 0.717) is 0 Å². The van der Waals surface area contributed by atoms with Gasteiger partial charge in [-0.3, -0.25) is 0 Å². The second-order valence-corrected chi connectivity index (χ2v) is 2.26. The van der Waals surface area contributed by atoms with Gasteiger partial charge in [-0.1, -0.05) is 13.8 Å². The number of rotatable bonds is 1. The molecule has 38 valence electrons. The van der Waals surface area contributed by atoms with E-state index in [1.807, 2.05) is 0 Å². The van der Waals surface area contributed by atoms with Crippen molar-refractivity contribution >= 4 is 12.6 Å². The molecule has 0 aliphatic heterocycles. The smallest absolute Gasteiger partial charge is 0.0139 e. The van der Waals surface area contributed by atoms with Crippen molar-refractivity contribution in [2.75, 3.05) is 0 Å². The van der Waals surface area contributed by atoms with Crippen LogP contribution in [-0.2, 0) is 0 Å². The Morgan fingerprint density at radius 3 is 1.67 bits per heavy atom. The number of thiol groups is 1. The van der Waals surface area contributed by atoms with Gasteiger partial charge >= 0.3 is 0 Å². The molecular weight excluding hydrogens is 96.1 g/mol. The summed E-state index contributed by atoms with van der Waals surface area (Å²) >= 11 is 3.88. The number of hydrogen-bond donors (Lipinski definition) is 1. The van der Waals surface area contributed by atoms with E-state index in [1.54, 1.807) is 13.8 Å². The fourth-order valence-electron chi connectivity index (χ4n) is 0. The van der Waals surface area contributed by atoms with Gasteiger partial charge in [-0.05, 0) is 5.25 Å². The molecule has 0 aromatic heterocycles. The SMILES string of the molecule is CC([O-])C(C)S. The first-order chi connectivity index (χ1) is 2.64. The lowest BCUT2D eigenvalue weighted by Gasteiger charge is -2.18. The standard InChI is InChI=1S/C4H9OS/c1-3(5)4(2)6/h3-4,6H,1-2H3/q-1. The van der Waals surface area contributed by atoms with Crippen LogP contribution < -0.4 is 5.11 Å². The molecule has 2 heteroatoms. The molecule has 1 nitrogen and oxygen atoms in total. The Kier molecular flexibility index (Phi) is 2.61. The Morgan fingerprint density at radius 2 is 1.67 bits per heavy atom. The zero-order valence-electron chi connectivity index (χ0n) is 4.01. The molecule has 0 spiro atoms. The van der Waals surface area contributed by atoms with Crippen LogP contribution in [0.25, 0.3) is 0 Å². The molecule has 2 unspecified atom stereocenters. The average molecular weight is 105 g/mol. The third kappa shape index (κ3) is 2.54. The van der Waals surface area contributed by atoms with Crippen LogP contribution in [0.3, 0.4) is 0 Å². The minimum atomic E-state index is -0.534. The van der Waals surface area contributed by atoms with Gasteiger partial charge in [0, 0.05) is 0 Å². The van der Waals surface area contributed by atoms with Crippen molar-refractivity contribution < 1.29 is 5.11 Å². The summed E-state index contributed by atoms with van der Waals surface area (Å²) in [6.07, 6.45) is -0.534. The van der Waals surface area contributed by atoms with Crippen LogP contribution in [0.2, 0.25) is 0 Å². The summed E-state index contributed by atoms with van der Waals surface area (Å²) in [5, 5.41) is 10.1. The van der Waals surface area contributed by atoms with Crippen molar-refractivity contribution in [3.63, 3.8) is 0 Å². The second kappa shape index (κ2) is 2.48. The molecule has 0 aromatic carbocycles. The summed E-state index contributed by atoms with van der Waals surface area (Å²) in [5.41, 5.74) is 0. The van der Waals surface area contributed by atoms with E-state index in [4.69, 9.17) is 0 Å². The Bertz CT molecular complexity index is 28.5. The van der Waals surface area contributed by atoms with E-state index in [-0.39, 0.29) is 5.25 Å². The highest BCUT2D eigenvalue weighted by molar-refractivity contribution is 7.81. The number of hydrogen-bond acceptors (Lipinski definition) is 2. The molecule has 0 aliphatic carbocycles. The van der Waals surface area contributed by atoms with Crippen molar-refractivity contribution in [3.8, 4) is 0 Å². The van der Waals surface area contributed by atoms with Gasteiger partial charge < -0.3 is 5.11 Å². The molecule has 0 saturated carbocycles. The highest BCUT2D eigenvalue weighted by Gasteiger charge is 1.88. The Labute approximate surface area is 43.8 Å². The van der Waals surface area contributed by atoms with E-state index in [9.17, 15) is 5.11 Å². The van der Waals surface area contributed by atoms with Crippen LogP contribution in [0.5, 0.6) is 0 Å². The molecule has 2 atom stereocenters. The van der Waals surface area contributed by atoms with E-state index in [0.717, 1.165) is 0 Å². The zero-order chi connectivity index (χ0) is 5.15. The predicted octanol–water partition coefficient (Wildman–Crippen LogP) is 0.0535. The Hall–Kier alpha value is 0.310. The summed E-state index contributed by atoms with van der Waals surface area (Å²) in [6.45, 7) is 3.40. The first kappa shape index (κ1) is 6.31. The predicted molar refractivity (Wildman–Crippen MR) is 27.9 cm³/mol. The van der Waals surface area contributed by atoms with Crippen LogP contribution in [0.15, 0.2) is 0 Å². The van der Waals surface area contributed by atoms with Gasteiger partial charge in [-0.2, -0.15) is 12.6 Å². The molecule has 0 heterocycles. The molecule has 0 bridgehead atoms. The first-order valence-electron chi connectivity index (χ1n) is 1.98. The molecule has 0 fully saturated rings. The third-order valence-electron chi connectivity index (χ3n) is 0.679. The molecule has 0 aliphatic rings. The molecule has 0 amide bonds. The van der Waals surface area contributed by atoms with Crippen LogP contribution in [0.1, 0.15) is 13.8 Å². The molecular formula is C4H9OS-. The highest BCUT2D eigenvalue weighted by Crippen LogP contribution is 1.93. The minimum Gasteiger partial charge on any atom is -0.851 e. The van der Waals surface area contributed by atoms with Gasteiger partial charge in [-0.15, -0.1) is 6.10 Å². The Balaban J connectivity index is 2.99. The average Bonchev–Trinajstić information content (AvgIpc) is 1.36. The molecule has 0 N–H and O–H groups in total. The monoisotopic (exact) mass is 105 g/mol. The molecule has 6 heavy (non-hydrogen) atoms. The fourth-order valence-corrected chi connectivity index (χ4v) is 0. The van der Waals surface area contributed by atoms with E-state index in [1.165, 1.54) is 0 Å². The zero-order valence-corrected chi connectivity index (χ0v) is 4.90. The molecule has 0 radical (unpaired) electrons. The van der Waals surface area contributed by atoms with Crippen molar-refractivity contribution in [2.24, 2.45) is 0 Å². The summed E-state index contributed by atoms with van der Waals surface area (Å²) in [7, 11) is 0. The summed E-state index contributed by atoms with van der Waals surface area (Å²) in [6, 6.07) is 0. The minimum absolute atomic E-state index is 0.00926. The molecule has 0 aromatic rings. The normalized spacial score (nSPS) is 20.0. The van der Waals surface area contributed by atoms with Crippen LogP contribution >= 0.6 is 12.6 Å². The maximum atomic E-state index is 10.2. The van der Waals surface area contributed by atoms with Gasteiger partial charge in [0.15, 0.2) is 0 Å². The van der Waals surface area contributed by atoms with E-state index < -0.39 is 6.10 Å². The lowest BCUT2D eigenvalue weighted by atomic mass is 10.3. The van der Waals surface area contributed by atoms with Crippen molar-refractivity contribution in [1.29, 1.82) is 0 Å². The van der Waals surface area contributed by atoms with E-state index >= 15 is 0 Å². The third-order valence-corrected chi connectivity index (χ3v) is 1.10. The first-order valence-corrected chi connectivity index (χ1v) is 2.50. The van der Waals surface area contributed by atoms with Gasteiger partial charge in [0.1, 0.15) is 0 Å².